The largest absolute Gasteiger partial charge is 0.356 e. The van der Waals surface area contributed by atoms with Gasteiger partial charge in [0.2, 0.25) is 15.9 Å². The Balaban J connectivity index is 1.56. The third-order valence-electron chi connectivity index (χ3n) is 5.54. The van der Waals surface area contributed by atoms with Gasteiger partial charge < -0.3 is 5.32 Å². The van der Waals surface area contributed by atoms with Gasteiger partial charge in [-0.1, -0.05) is 19.3 Å². The molecule has 1 aliphatic carbocycles. The average molecular weight is 314 g/mol. The van der Waals surface area contributed by atoms with Crippen LogP contribution in [0.15, 0.2) is 0 Å². The maximum absolute atomic E-state index is 12.6. The number of sulfonamides is 1. The Kier molecular flexibility index (Phi) is 4.28. The molecule has 1 amide bonds. The number of piperidine rings is 1. The van der Waals surface area contributed by atoms with Gasteiger partial charge in [-0.25, -0.2) is 12.7 Å². The minimum Gasteiger partial charge on any atom is -0.356 e. The van der Waals surface area contributed by atoms with Gasteiger partial charge in [-0.3, -0.25) is 4.79 Å². The van der Waals surface area contributed by atoms with Crippen molar-refractivity contribution in [3.8, 4) is 0 Å². The summed E-state index contributed by atoms with van der Waals surface area (Å²) in [5.41, 5.74) is 0.0218. The van der Waals surface area contributed by atoms with Crippen molar-refractivity contribution in [2.24, 2.45) is 11.3 Å². The highest BCUT2D eigenvalue weighted by Gasteiger charge is 2.43. The summed E-state index contributed by atoms with van der Waals surface area (Å²) in [5.74, 6) is 0.805. The topological polar surface area (TPSA) is 66.5 Å². The molecule has 3 aliphatic rings. The molecule has 0 aromatic heterocycles. The zero-order chi connectivity index (χ0) is 14.9. The predicted octanol–water partition coefficient (Wildman–Crippen LogP) is 1.50. The SMILES string of the molecule is O=C1CC2(CCN(S(=O)(=O)CC3CCCCC3)CC2)CN1. The summed E-state index contributed by atoms with van der Waals surface area (Å²) in [6, 6.07) is 0. The van der Waals surface area contributed by atoms with Crippen LogP contribution in [0.1, 0.15) is 51.4 Å². The van der Waals surface area contributed by atoms with Crippen molar-refractivity contribution in [3.05, 3.63) is 0 Å². The van der Waals surface area contributed by atoms with E-state index in [2.05, 4.69) is 5.32 Å². The lowest BCUT2D eigenvalue weighted by Crippen LogP contribution is -2.45. The molecule has 1 saturated carbocycles. The van der Waals surface area contributed by atoms with E-state index in [0.29, 0.717) is 31.2 Å². The molecule has 0 aromatic carbocycles. The first-order valence-corrected chi connectivity index (χ1v) is 9.85. The molecule has 1 N–H and O–H groups in total. The molecule has 0 bridgehead atoms. The minimum atomic E-state index is -3.11. The molecule has 6 heteroatoms. The first-order valence-electron chi connectivity index (χ1n) is 8.24. The van der Waals surface area contributed by atoms with Crippen molar-refractivity contribution in [2.45, 2.75) is 51.4 Å². The fourth-order valence-corrected chi connectivity index (χ4v) is 5.98. The highest BCUT2D eigenvalue weighted by molar-refractivity contribution is 7.89. The number of nitrogens with one attached hydrogen (secondary N) is 1. The first-order chi connectivity index (χ1) is 9.99. The molecule has 1 spiro atoms. The fourth-order valence-electron chi connectivity index (χ4n) is 4.10. The lowest BCUT2D eigenvalue weighted by Gasteiger charge is -2.38. The third kappa shape index (κ3) is 3.42. The molecule has 5 nitrogen and oxygen atoms in total. The second-order valence-corrected chi connectivity index (χ2v) is 9.15. The highest BCUT2D eigenvalue weighted by atomic mass is 32.2. The van der Waals surface area contributed by atoms with Gasteiger partial charge in [-0.2, -0.15) is 0 Å². The molecule has 2 saturated heterocycles. The number of rotatable bonds is 3. The van der Waals surface area contributed by atoms with E-state index >= 15 is 0 Å². The molecule has 120 valence electrons. The van der Waals surface area contributed by atoms with E-state index in [1.807, 2.05) is 0 Å². The average Bonchev–Trinajstić information content (AvgIpc) is 2.81. The number of amides is 1. The number of hydrogen-bond donors (Lipinski definition) is 1. The Morgan fingerprint density at radius 2 is 1.81 bits per heavy atom. The van der Waals surface area contributed by atoms with Crippen LogP contribution < -0.4 is 5.32 Å². The molecular formula is C15H26N2O3S. The van der Waals surface area contributed by atoms with Gasteiger partial charge in [0.1, 0.15) is 0 Å². The van der Waals surface area contributed by atoms with Crippen molar-refractivity contribution < 1.29 is 13.2 Å². The number of hydrogen-bond acceptors (Lipinski definition) is 3. The zero-order valence-electron chi connectivity index (χ0n) is 12.6. The van der Waals surface area contributed by atoms with Crippen LogP contribution in [-0.4, -0.2) is 44.0 Å². The second kappa shape index (κ2) is 5.88. The van der Waals surface area contributed by atoms with Crippen LogP contribution in [0, 0.1) is 11.3 Å². The quantitative estimate of drug-likeness (QED) is 0.858. The van der Waals surface area contributed by atoms with Crippen LogP contribution in [0.4, 0.5) is 0 Å². The molecule has 0 atom stereocenters. The van der Waals surface area contributed by atoms with E-state index in [1.165, 1.54) is 19.3 Å². The zero-order valence-corrected chi connectivity index (χ0v) is 13.5. The summed E-state index contributed by atoms with van der Waals surface area (Å²) in [7, 11) is -3.11. The van der Waals surface area contributed by atoms with E-state index in [-0.39, 0.29) is 11.3 Å². The van der Waals surface area contributed by atoms with E-state index in [1.54, 1.807) is 4.31 Å². The van der Waals surface area contributed by atoms with Crippen molar-refractivity contribution in [3.63, 3.8) is 0 Å². The fraction of sp³-hybridized carbons (Fsp3) is 0.933. The standard InChI is InChI=1S/C15H26N2O3S/c18-14-10-15(12-16-14)6-8-17(9-7-15)21(19,20)11-13-4-2-1-3-5-13/h13H,1-12H2,(H,16,18). The van der Waals surface area contributed by atoms with Gasteiger partial charge in [0.15, 0.2) is 0 Å². The van der Waals surface area contributed by atoms with Gasteiger partial charge in [-0.05, 0) is 37.0 Å². The number of nitrogens with zero attached hydrogens (tertiary/aromatic N) is 1. The van der Waals surface area contributed by atoms with Crippen LogP contribution >= 0.6 is 0 Å². The molecular weight excluding hydrogens is 288 g/mol. The van der Waals surface area contributed by atoms with Crippen LogP contribution in [-0.2, 0) is 14.8 Å². The van der Waals surface area contributed by atoms with Crippen LogP contribution in [0.3, 0.4) is 0 Å². The van der Waals surface area contributed by atoms with Crippen molar-refractivity contribution in [1.82, 2.24) is 9.62 Å². The van der Waals surface area contributed by atoms with E-state index in [4.69, 9.17) is 0 Å². The van der Waals surface area contributed by atoms with Gasteiger partial charge in [0, 0.05) is 26.1 Å². The molecule has 3 rings (SSSR count). The summed E-state index contributed by atoms with van der Waals surface area (Å²) in [6.45, 7) is 1.90. The van der Waals surface area contributed by atoms with Crippen LogP contribution in [0.25, 0.3) is 0 Å². The second-order valence-electron chi connectivity index (χ2n) is 7.14. The monoisotopic (exact) mass is 314 g/mol. The summed E-state index contributed by atoms with van der Waals surface area (Å²) < 4.78 is 26.8. The summed E-state index contributed by atoms with van der Waals surface area (Å²) in [4.78, 5) is 11.4. The highest BCUT2D eigenvalue weighted by Crippen LogP contribution is 2.38. The normalized spacial score (nSPS) is 27.9. The van der Waals surface area contributed by atoms with Gasteiger partial charge >= 0.3 is 0 Å². The summed E-state index contributed by atoms with van der Waals surface area (Å²) in [6.07, 6.45) is 7.94. The van der Waals surface area contributed by atoms with Crippen molar-refractivity contribution >= 4 is 15.9 Å². The number of carbonyl (C=O) groups is 1. The summed E-state index contributed by atoms with van der Waals surface area (Å²) in [5, 5.41) is 2.89. The van der Waals surface area contributed by atoms with Crippen molar-refractivity contribution in [1.29, 1.82) is 0 Å². The lowest BCUT2D eigenvalue weighted by atomic mass is 9.78. The minimum absolute atomic E-state index is 0.0218. The smallest absolute Gasteiger partial charge is 0.220 e. The van der Waals surface area contributed by atoms with E-state index in [0.717, 1.165) is 32.2 Å². The maximum Gasteiger partial charge on any atom is 0.220 e. The van der Waals surface area contributed by atoms with Gasteiger partial charge in [0.25, 0.3) is 0 Å². The van der Waals surface area contributed by atoms with Crippen LogP contribution in [0.5, 0.6) is 0 Å². The van der Waals surface area contributed by atoms with Gasteiger partial charge in [-0.15, -0.1) is 0 Å². The first kappa shape index (κ1) is 15.3. The molecule has 0 unspecified atom stereocenters. The Morgan fingerprint density at radius 3 is 2.38 bits per heavy atom. The lowest BCUT2D eigenvalue weighted by molar-refractivity contribution is -0.119. The van der Waals surface area contributed by atoms with Gasteiger partial charge in [0.05, 0.1) is 5.75 Å². The molecule has 0 aromatic rings. The summed E-state index contributed by atoms with van der Waals surface area (Å²) >= 11 is 0. The number of carbonyl (C=O) groups excluding carboxylic acids is 1. The Labute approximate surface area is 127 Å². The molecule has 21 heavy (non-hydrogen) atoms. The molecule has 0 radical (unpaired) electrons. The van der Waals surface area contributed by atoms with E-state index in [9.17, 15) is 13.2 Å². The third-order valence-corrected chi connectivity index (χ3v) is 7.59. The molecule has 3 fully saturated rings. The molecule has 2 heterocycles. The molecule has 2 aliphatic heterocycles. The Hall–Kier alpha value is -0.620. The Morgan fingerprint density at radius 1 is 1.14 bits per heavy atom. The van der Waals surface area contributed by atoms with E-state index < -0.39 is 10.0 Å². The maximum atomic E-state index is 12.6. The Bertz CT molecular complexity index is 489. The predicted molar refractivity (Wildman–Crippen MR) is 81.2 cm³/mol. The van der Waals surface area contributed by atoms with Crippen molar-refractivity contribution in [2.75, 3.05) is 25.4 Å². The van der Waals surface area contributed by atoms with Crippen LogP contribution in [0.2, 0.25) is 0 Å².